The molecule has 0 saturated heterocycles. The van der Waals surface area contributed by atoms with Crippen LogP contribution in [0.5, 0.6) is 0 Å². The molecule has 3 rings (SSSR count). The van der Waals surface area contributed by atoms with Crippen LogP contribution < -0.4 is 5.73 Å². The molecule has 1 atom stereocenters. The van der Waals surface area contributed by atoms with Crippen LogP contribution in [0.25, 0.3) is 11.0 Å². The van der Waals surface area contributed by atoms with Gasteiger partial charge in [0, 0.05) is 22.3 Å². The van der Waals surface area contributed by atoms with Gasteiger partial charge in [0.25, 0.3) is 0 Å². The second-order valence-corrected chi connectivity index (χ2v) is 5.92. The van der Waals surface area contributed by atoms with Crippen LogP contribution in [0, 0.1) is 0 Å². The van der Waals surface area contributed by atoms with Crippen LogP contribution in [0.2, 0.25) is 0 Å². The first-order valence-electron chi connectivity index (χ1n) is 7.14. The maximum atomic E-state index is 6.53. The van der Waals surface area contributed by atoms with E-state index in [1.807, 2.05) is 18.2 Å². The highest BCUT2D eigenvalue weighted by Gasteiger charge is 2.20. The molecule has 0 aliphatic rings. The second-order valence-electron chi connectivity index (χ2n) is 5.04. The number of thioether (sulfide) groups is 1. The summed E-state index contributed by atoms with van der Waals surface area (Å²) in [5, 5.41) is 1.12. The topological polar surface area (TPSA) is 39.2 Å². The predicted octanol–water partition coefficient (Wildman–Crippen LogP) is 4.77. The number of hydrogen-bond acceptors (Lipinski definition) is 3. The number of nitrogens with two attached hydrogens (primary N) is 1. The second kappa shape index (κ2) is 5.96. The molecule has 108 valence electrons. The first-order valence-corrected chi connectivity index (χ1v) is 8.37. The van der Waals surface area contributed by atoms with Crippen molar-refractivity contribution in [2.45, 2.75) is 24.3 Å². The molecular formula is C18H19NOS. The van der Waals surface area contributed by atoms with E-state index in [4.69, 9.17) is 10.2 Å². The standard InChI is InChI=1S/C18H19NOS/c1-3-15-17(14-6-4-5-7-16(14)20-15)18(19)12-8-10-13(21-2)11-9-12/h4-11,18H,3,19H2,1-2H3. The van der Waals surface area contributed by atoms with E-state index in [-0.39, 0.29) is 6.04 Å². The Morgan fingerprint density at radius 3 is 2.48 bits per heavy atom. The molecule has 21 heavy (non-hydrogen) atoms. The summed E-state index contributed by atoms with van der Waals surface area (Å²) in [6.45, 7) is 2.10. The summed E-state index contributed by atoms with van der Waals surface area (Å²) in [6, 6.07) is 16.4. The Morgan fingerprint density at radius 2 is 1.81 bits per heavy atom. The summed E-state index contributed by atoms with van der Waals surface area (Å²) >= 11 is 1.74. The Balaban J connectivity index is 2.09. The average Bonchev–Trinajstić information content (AvgIpc) is 2.92. The molecule has 2 N–H and O–H groups in total. The van der Waals surface area contributed by atoms with Gasteiger partial charge >= 0.3 is 0 Å². The summed E-state index contributed by atoms with van der Waals surface area (Å²) in [6.07, 6.45) is 2.92. The Kier molecular flexibility index (Phi) is 4.04. The number of para-hydroxylation sites is 1. The van der Waals surface area contributed by atoms with E-state index in [9.17, 15) is 0 Å². The maximum absolute atomic E-state index is 6.53. The van der Waals surface area contributed by atoms with E-state index in [1.165, 1.54) is 4.90 Å². The summed E-state index contributed by atoms with van der Waals surface area (Å²) in [5.41, 5.74) is 9.68. The number of hydrogen-bond donors (Lipinski definition) is 1. The van der Waals surface area contributed by atoms with Crippen LogP contribution in [-0.4, -0.2) is 6.26 Å². The third kappa shape index (κ3) is 2.59. The van der Waals surface area contributed by atoms with E-state index in [0.29, 0.717) is 0 Å². The van der Waals surface area contributed by atoms with Gasteiger partial charge in [0.15, 0.2) is 0 Å². The van der Waals surface area contributed by atoms with Gasteiger partial charge in [-0.2, -0.15) is 0 Å². The molecule has 0 aliphatic carbocycles. The third-order valence-corrected chi connectivity index (χ3v) is 4.56. The Labute approximate surface area is 129 Å². The van der Waals surface area contributed by atoms with E-state index < -0.39 is 0 Å². The molecule has 3 aromatic rings. The van der Waals surface area contributed by atoms with Crippen molar-refractivity contribution in [3.8, 4) is 0 Å². The van der Waals surface area contributed by atoms with Crippen molar-refractivity contribution in [2.75, 3.05) is 6.26 Å². The van der Waals surface area contributed by atoms with Crippen LogP contribution in [0.1, 0.15) is 29.9 Å². The van der Waals surface area contributed by atoms with Gasteiger partial charge in [-0.15, -0.1) is 11.8 Å². The molecule has 0 fully saturated rings. The first kappa shape index (κ1) is 14.2. The molecule has 1 aromatic heterocycles. The molecule has 0 saturated carbocycles. The lowest BCUT2D eigenvalue weighted by molar-refractivity contribution is 0.546. The summed E-state index contributed by atoms with van der Waals surface area (Å²) in [7, 11) is 0. The molecule has 3 heteroatoms. The van der Waals surface area contributed by atoms with Crippen molar-refractivity contribution >= 4 is 22.7 Å². The summed E-state index contributed by atoms with van der Waals surface area (Å²) < 4.78 is 5.95. The SMILES string of the molecule is CCc1oc2ccccc2c1C(N)c1ccc(SC)cc1. The van der Waals surface area contributed by atoms with Crippen molar-refractivity contribution < 1.29 is 4.42 Å². The quantitative estimate of drug-likeness (QED) is 0.705. The van der Waals surface area contributed by atoms with Crippen LogP contribution in [0.4, 0.5) is 0 Å². The lowest BCUT2D eigenvalue weighted by Crippen LogP contribution is -2.13. The Bertz CT molecular complexity index is 746. The highest BCUT2D eigenvalue weighted by molar-refractivity contribution is 7.98. The van der Waals surface area contributed by atoms with Crippen molar-refractivity contribution in [1.82, 2.24) is 0 Å². The van der Waals surface area contributed by atoms with Crippen LogP contribution in [0.15, 0.2) is 57.8 Å². The smallest absolute Gasteiger partial charge is 0.134 e. The minimum absolute atomic E-state index is 0.153. The van der Waals surface area contributed by atoms with E-state index in [2.05, 4.69) is 43.5 Å². The molecule has 0 spiro atoms. The molecule has 0 aliphatic heterocycles. The van der Waals surface area contributed by atoms with Gasteiger partial charge in [-0.1, -0.05) is 37.3 Å². The molecular weight excluding hydrogens is 278 g/mol. The monoisotopic (exact) mass is 297 g/mol. The maximum Gasteiger partial charge on any atom is 0.134 e. The Morgan fingerprint density at radius 1 is 1.10 bits per heavy atom. The Hall–Kier alpha value is -1.71. The van der Waals surface area contributed by atoms with E-state index in [1.54, 1.807) is 11.8 Å². The van der Waals surface area contributed by atoms with Gasteiger partial charge in [-0.25, -0.2) is 0 Å². The lowest BCUT2D eigenvalue weighted by Gasteiger charge is -2.13. The van der Waals surface area contributed by atoms with Crippen LogP contribution in [0.3, 0.4) is 0 Å². The van der Waals surface area contributed by atoms with Gasteiger partial charge in [0.05, 0.1) is 6.04 Å². The fourth-order valence-electron chi connectivity index (χ4n) is 2.70. The molecule has 0 bridgehead atoms. The van der Waals surface area contributed by atoms with Gasteiger partial charge in [-0.05, 0) is 30.0 Å². The van der Waals surface area contributed by atoms with Crippen molar-refractivity contribution in [3.05, 3.63) is 65.4 Å². The van der Waals surface area contributed by atoms with Gasteiger partial charge in [-0.3, -0.25) is 0 Å². The largest absolute Gasteiger partial charge is 0.461 e. The minimum Gasteiger partial charge on any atom is -0.461 e. The number of rotatable bonds is 4. The zero-order chi connectivity index (χ0) is 14.8. The molecule has 1 heterocycles. The summed E-state index contributed by atoms with van der Waals surface area (Å²) in [5.74, 6) is 0.984. The number of fused-ring (bicyclic) bond motifs is 1. The third-order valence-electron chi connectivity index (χ3n) is 3.82. The number of benzene rings is 2. The highest BCUT2D eigenvalue weighted by atomic mass is 32.2. The molecule has 1 unspecified atom stereocenters. The lowest BCUT2D eigenvalue weighted by atomic mass is 9.96. The zero-order valence-electron chi connectivity index (χ0n) is 12.3. The van der Waals surface area contributed by atoms with E-state index >= 15 is 0 Å². The predicted molar refractivity (Wildman–Crippen MR) is 89.8 cm³/mol. The normalized spacial score (nSPS) is 12.7. The van der Waals surface area contributed by atoms with Gasteiger partial charge < -0.3 is 10.2 Å². The van der Waals surface area contributed by atoms with Gasteiger partial charge in [0.1, 0.15) is 11.3 Å². The molecule has 0 amide bonds. The summed E-state index contributed by atoms with van der Waals surface area (Å²) in [4.78, 5) is 1.25. The molecule has 2 aromatic carbocycles. The first-order chi connectivity index (χ1) is 10.2. The van der Waals surface area contributed by atoms with E-state index in [0.717, 1.165) is 34.3 Å². The van der Waals surface area contributed by atoms with Gasteiger partial charge in [0.2, 0.25) is 0 Å². The number of aryl methyl sites for hydroxylation is 1. The van der Waals surface area contributed by atoms with Crippen molar-refractivity contribution in [2.24, 2.45) is 5.73 Å². The average molecular weight is 297 g/mol. The number of furan rings is 1. The minimum atomic E-state index is -0.153. The van der Waals surface area contributed by atoms with Crippen molar-refractivity contribution in [1.29, 1.82) is 0 Å². The highest BCUT2D eigenvalue weighted by Crippen LogP contribution is 2.33. The molecule has 2 nitrogen and oxygen atoms in total. The van der Waals surface area contributed by atoms with Crippen LogP contribution >= 0.6 is 11.8 Å². The van der Waals surface area contributed by atoms with Crippen molar-refractivity contribution in [3.63, 3.8) is 0 Å². The van der Waals surface area contributed by atoms with Crippen LogP contribution in [-0.2, 0) is 6.42 Å². The molecule has 0 radical (unpaired) electrons. The fourth-order valence-corrected chi connectivity index (χ4v) is 3.11. The fraction of sp³-hybridized carbons (Fsp3) is 0.222. The zero-order valence-corrected chi connectivity index (χ0v) is 13.1.